The van der Waals surface area contributed by atoms with Crippen LogP contribution in [0.5, 0.6) is 5.75 Å². The lowest BCUT2D eigenvalue weighted by atomic mass is 10.1. The standard InChI is InChI=1S/C22H18ClF3N2O4S/c1-28(16-7-9-17(32-2)10-8-16)33(30,31)18-11-12-20(23)19(13-18)21(29)27-15-5-3-14(4-6-15)22(24,25)26/h3-13H,1-2H3,(H,27,29). The minimum absolute atomic E-state index is 0.0227. The molecular formula is C22H18ClF3N2O4S. The Morgan fingerprint density at radius 3 is 2.15 bits per heavy atom. The summed E-state index contributed by atoms with van der Waals surface area (Å²) >= 11 is 6.09. The number of amides is 1. The number of carbonyl (C=O) groups excluding carboxylic acids is 1. The lowest BCUT2D eigenvalue weighted by molar-refractivity contribution is -0.137. The van der Waals surface area contributed by atoms with Gasteiger partial charge in [0.2, 0.25) is 0 Å². The van der Waals surface area contributed by atoms with Crippen molar-refractivity contribution in [2.45, 2.75) is 11.1 Å². The largest absolute Gasteiger partial charge is 0.497 e. The molecule has 0 spiro atoms. The van der Waals surface area contributed by atoms with Crippen LogP contribution >= 0.6 is 11.6 Å². The highest BCUT2D eigenvalue weighted by molar-refractivity contribution is 7.92. The highest BCUT2D eigenvalue weighted by Gasteiger charge is 2.30. The average Bonchev–Trinajstić information content (AvgIpc) is 2.78. The number of hydrogen-bond acceptors (Lipinski definition) is 4. The van der Waals surface area contributed by atoms with Gasteiger partial charge in [-0.2, -0.15) is 13.2 Å². The van der Waals surface area contributed by atoms with E-state index in [4.69, 9.17) is 16.3 Å². The third-order valence-corrected chi connectivity index (χ3v) is 6.86. The van der Waals surface area contributed by atoms with Crippen molar-refractivity contribution >= 4 is 38.9 Å². The van der Waals surface area contributed by atoms with Crippen molar-refractivity contribution in [3.8, 4) is 5.75 Å². The first kappa shape index (κ1) is 24.4. The Kier molecular flexibility index (Phi) is 6.89. The van der Waals surface area contributed by atoms with Gasteiger partial charge in [-0.1, -0.05) is 11.6 Å². The van der Waals surface area contributed by atoms with Crippen LogP contribution in [0.15, 0.2) is 71.6 Å². The maximum absolute atomic E-state index is 13.1. The van der Waals surface area contributed by atoms with Crippen molar-refractivity contribution in [3.05, 3.63) is 82.9 Å². The van der Waals surface area contributed by atoms with E-state index in [-0.39, 0.29) is 21.2 Å². The van der Waals surface area contributed by atoms with E-state index in [1.807, 2.05) is 0 Å². The molecule has 6 nitrogen and oxygen atoms in total. The molecule has 0 atom stereocenters. The molecule has 0 aliphatic heterocycles. The summed E-state index contributed by atoms with van der Waals surface area (Å²) in [4.78, 5) is 12.5. The number of rotatable bonds is 6. The Hall–Kier alpha value is -3.24. The monoisotopic (exact) mass is 498 g/mol. The molecule has 0 heterocycles. The van der Waals surface area contributed by atoms with Crippen LogP contribution in [0.4, 0.5) is 24.5 Å². The van der Waals surface area contributed by atoms with Crippen LogP contribution in [0, 0.1) is 0 Å². The molecule has 174 valence electrons. The Bertz CT molecular complexity index is 1260. The molecule has 0 unspecified atom stereocenters. The predicted octanol–water partition coefficient (Wildman–Crippen LogP) is 5.44. The lowest BCUT2D eigenvalue weighted by Crippen LogP contribution is -2.27. The minimum Gasteiger partial charge on any atom is -0.497 e. The molecule has 3 aromatic rings. The fourth-order valence-electron chi connectivity index (χ4n) is 2.87. The molecule has 0 aromatic heterocycles. The van der Waals surface area contributed by atoms with Crippen LogP contribution in [0.1, 0.15) is 15.9 Å². The second-order valence-electron chi connectivity index (χ2n) is 6.84. The van der Waals surface area contributed by atoms with Crippen LogP contribution in [-0.4, -0.2) is 28.5 Å². The first-order chi connectivity index (χ1) is 15.4. The molecule has 0 saturated heterocycles. The number of alkyl halides is 3. The van der Waals surface area contributed by atoms with Crippen molar-refractivity contribution < 1.29 is 31.1 Å². The van der Waals surface area contributed by atoms with Crippen molar-refractivity contribution in [1.82, 2.24) is 0 Å². The maximum atomic E-state index is 13.1. The molecule has 0 aliphatic rings. The van der Waals surface area contributed by atoms with Gasteiger partial charge in [0.25, 0.3) is 15.9 Å². The normalized spacial score (nSPS) is 11.7. The van der Waals surface area contributed by atoms with Crippen molar-refractivity contribution in [1.29, 1.82) is 0 Å². The van der Waals surface area contributed by atoms with E-state index in [0.29, 0.717) is 11.4 Å². The molecule has 0 fully saturated rings. The number of sulfonamides is 1. The first-order valence-corrected chi connectivity index (χ1v) is 11.2. The molecule has 0 radical (unpaired) electrons. The van der Waals surface area contributed by atoms with E-state index in [1.54, 1.807) is 24.3 Å². The van der Waals surface area contributed by atoms with Gasteiger partial charge in [0.05, 0.1) is 33.8 Å². The molecule has 0 bridgehead atoms. The van der Waals surface area contributed by atoms with Crippen molar-refractivity contribution in [3.63, 3.8) is 0 Å². The summed E-state index contributed by atoms with van der Waals surface area (Å²) in [6.45, 7) is 0. The fourth-order valence-corrected chi connectivity index (χ4v) is 4.29. The number of hydrogen-bond donors (Lipinski definition) is 1. The number of benzene rings is 3. The molecule has 0 saturated carbocycles. The average molecular weight is 499 g/mol. The molecule has 1 N–H and O–H groups in total. The molecule has 33 heavy (non-hydrogen) atoms. The third kappa shape index (κ3) is 5.40. The van der Waals surface area contributed by atoms with Gasteiger partial charge in [0.15, 0.2) is 0 Å². The van der Waals surface area contributed by atoms with Crippen LogP contribution in [-0.2, 0) is 16.2 Å². The number of nitrogens with zero attached hydrogens (tertiary/aromatic N) is 1. The first-order valence-electron chi connectivity index (χ1n) is 9.34. The van der Waals surface area contributed by atoms with E-state index in [1.165, 1.54) is 26.3 Å². The van der Waals surface area contributed by atoms with Gasteiger partial charge in [-0.3, -0.25) is 9.10 Å². The quantitative estimate of drug-likeness (QED) is 0.490. The third-order valence-electron chi connectivity index (χ3n) is 4.75. The molecule has 3 aromatic carbocycles. The van der Waals surface area contributed by atoms with E-state index >= 15 is 0 Å². The van der Waals surface area contributed by atoms with Gasteiger partial charge in [-0.25, -0.2) is 8.42 Å². The number of nitrogens with one attached hydrogen (secondary N) is 1. The summed E-state index contributed by atoms with van der Waals surface area (Å²) in [6.07, 6.45) is -4.51. The van der Waals surface area contributed by atoms with E-state index in [9.17, 15) is 26.4 Å². The summed E-state index contributed by atoms with van der Waals surface area (Å²) in [6, 6.07) is 13.8. The molecule has 0 aliphatic carbocycles. The zero-order chi connectivity index (χ0) is 24.4. The number of ether oxygens (including phenoxy) is 1. The second-order valence-corrected chi connectivity index (χ2v) is 9.22. The van der Waals surface area contributed by atoms with E-state index in [2.05, 4.69) is 5.32 Å². The molecular weight excluding hydrogens is 481 g/mol. The second kappa shape index (κ2) is 9.32. The van der Waals surface area contributed by atoms with Crippen molar-refractivity contribution in [2.24, 2.45) is 0 Å². The SMILES string of the molecule is COc1ccc(N(C)S(=O)(=O)c2ccc(Cl)c(C(=O)Nc3ccc(C(F)(F)F)cc3)c2)cc1. The van der Waals surface area contributed by atoms with Gasteiger partial charge in [0, 0.05) is 12.7 Å². The van der Waals surface area contributed by atoms with E-state index in [0.717, 1.165) is 34.6 Å². The predicted molar refractivity (Wildman–Crippen MR) is 119 cm³/mol. The Balaban J connectivity index is 1.86. The maximum Gasteiger partial charge on any atom is 0.416 e. The Morgan fingerprint density at radius 2 is 1.61 bits per heavy atom. The lowest BCUT2D eigenvalue weighted by Gasteiger charge is -2.20. The molecule has 3 rings (SSSR count). The smallest absolute Gasteiger partial charge is 0.416 e. The van der Waals surface area contributed by atoms with Gasteiger partial charge >= 0.3 is 6.18 Å². The summed E-state index contributed by atoms with van der Waals surface area (Å²) in [5.74, 6) is -0.220. The topological polar surface area (TPSA) is 75.7 Å². The zero-order valence-corrected chi connectivity index (χ0v) is 18.9. The number of carbonyl (C=O) groups is 1. The number of methoxy groups -OCH3 is 1. The van der Waals surface area contributed by atoms with Gasteiger partial charge in [0.1, 0.15) is 5.75 Å². The summed E-state index contributed by atoms with van der Waals surface area (Å²) in [5.41, 5.74) is -0.567. The van der Waals surface area contributed by atoms with Crippen LogP contribution < -0.4 is 14.4 Å². The van der Waals surface area contributed by atoms with E-state index < -0.39 is 27.7 Å². The summed E-state index contributed by atoms with van der Waals surface area (Å²) < 4.78 is 70.4. The summed E-state index contributed by atoms with van der Waals surface area (Å²) in [7, 11) is -1.21. The Morgan fingerprint density at radius 1 is 1.00 bits per heavy atom. The minimum atomic E-state index is -4.51. The molecule has 11 heteroatoms. The van der Waals surface area contributed by atoms with Crippen LogP contribution in [0.3, 0.4) is 0 Å². The van der Waals surface area contributed by atoms with Crippen LogP contribution in [0.25, 0.3) is 0 Å². The fraction of sp³-hybridized carbons (Fsp3) is 0.136. The zero-order valence-electron chi connectivity index (χ0n) is 17.4. The molecule has 1 amide bonds. The highest BCUT2D eigenvalue weighted by Crippen LogP contribution is 2.31. The highest BCUT2D eigenvalue weighted by atomic mass is 35.5. The van der Waals surface area contributed by atoms with Gasteiger partial charge in [-0.15, -0.1) is 0 Å². The van der Waals surface area contributed by atoms with Gasteiger partial charge < -0.3 is 10.1 Å². The van der Waals surface area contributed by atoms with Gasteiger partial charge in [-0.05, 0) is 66.7 Å². The van der Waals surface area contributed by atoms with Crippen molar-refractivity contribution in [2.75, 3.05) is 23.8 Å². The number of anilines is 2. The number of halogens is 4. The van der Waals surface area contributed by atoms with Crippen LogP contribution in [0.2, 0.25) is 5.02 Å². The Labute approximate surface area is 193 Å². The summed E-state index contributed by atoms with van der Waals surface area (Å²) in [5, 5.41) is 2.39.